The van der Waals surface area contributed by atoms with Crippen molar-refractivity contribution in [1.29, 1.82) is 0 Å². The summed E-state index contributed by atoms with van der Waals surface area (Å²) in [6, 6.07) is 72.4. The number of benzene rings is 8. The Bertz CT molecular complexity index is 3740. The topological polar surface area (TPSA) is 35.9 Å². The van der Waals surface area contributed by atoms with Crippen LogP contribution >= 0.6 is 0 Å². The van der Waals surface area contributed by atoms with Gasteiger partial charge >= 0.3 is 0 Å². The molecule has 5 nitrogen and oxygen atoms in total. The Kier molecular flexibility index (Phi) is 13.5. The van der Waals surface area contributed by atoms with Crippen molar-refractivity contribution >= 4 is 32.8 Å². The molecule has 0 saturated carbocycles. The van der Waals surface area contributed by atoms with Crippen LogP contribution in [-0.2, 0) is 31.9 Å². The average molecular weight is 1130 g/mol. The molecular formula is C67H60N4OPt-2. The van der Waals surface area contributed by atoms with Gasteiger partial charge in [0.15, 0.2) is 0 Å². The molecule has 0 saturated heterocycles. The predicted molar refractivity (Wildman–Crippen MR) is 297 cm³/mol. The number of aromatic nitrogens is 4. The molecule has 0 N–H and O–H groups in total. The third kappa shape index (κ3) is 9.48. The van der Waals surface area contributed by atoms with Crippen LogP contribution in [0.3, 0.4) is 0 Å². The van der Waals surface area contributed by atoms with Crippen molar-refractivity contribution in [3.63, 3.8) is 0 Å². The van der Waals surface area contributed by atoms with Crippen LogP contribution in [0.4, 0.5) is 0 Å². The summed E-state index contributed by atoms with van der Waals surface area (Å²) in [6.07, 6.45) is 8.00. The zero-order valence-corrected chi connectivity index (χ0v) is 45.2. The summed E-state index contributed by atoms with van der Waals surface area (Å²) < 4.78 is 13.4. The minimum absolute atomic E-state index is 0. The summed E-state index contributed by atoms with van der Waals surface area (Å²) >= 11 is 0. The van der Waals surface area contributed by atoms with Gasteiger partial charge in [-0.1, -0.05) is 188 Å². The molecule has 73 heavy (non-hydrogen) atoms. The Balaban J connectivity index is 0.00000611. The number of fused-ring (bicyclic) bond motifs is 4. The molecule has 0 fully saturated rings. The monoisotopic (exact) mass is 1130 g/mol. The predicted octanol–water partition coefficient (Wildman–Crippen LogP) is 17.1. The number of hydrogen-bond donors (Lipinski definition) is 0. The van der Waals surface area contributed by atoms with Gasteiger partial charge in [-0.3, -0.25) is 4.57 Å². The number of nitrogens with zero attached hydrogens (tertiary/aromatic N) is 4. The van der Waals surface area contributed by atoms with E-state index in [2.05, 4.69) is 251 Å². The summed E-state index contributed by atoms with van der Waals surface area (Å²) in [4.78, 5) is 4.92. The molecule has 11 aromatic rings. The normalized spacial score (nSPS) is 12.0. The minimum Gasteiger partial charge on any atom is -0.510 e. The molecule has 0 amide bonds. The molecule has 11 rings (SSSR count). The Morgan fingerprint density at radius 2 is 1.19 bits per heavy atom. The van der Waals surface area contributed by atoms with Crippen molar-refractivity contribution in [2.24, 2.45) is 0 Å². The van der Waals surface area contributed by atoms with Crippen LogP contribution in [0.2, 0.25) is 0 Å². The van der Waals surface area contributed by atoms with Crippen LogP contribution in [0.5, 0.6) is 11.5 Å². The van der Waals surface area contributed by atoms with Crippen molar-refractivity contribution in [2.45, 2.75) is 85.0 Å². The van der Waals surface area contributed by atoms with Gasteiger partial charge < -0.3 is 13.9 Å². The zero-order chi connectivity index (χ0) is 49.7. The maximum atomic E-state index is 6.76. The van der Waals surface area contributed by atoms with Gasteiger partial charge in [0.25, 0.3) is 6.33 Å². The number of ether oxygens (including phenoxy) is 1. The first-order chi connectivity index (χ1) is 34.9. The summed E-state index contributed by atoms with van der Waals surface area (Å²) in [7, 11) is 0. The second-order valence-corrected chi connectivity index (χ2v) is 21.1. The van der Waals surface area contributed by atoms with E-state index < -0.39 is 0 Å². The molecule has 0 atom stereocenters. The molecular weight excluding hydrogens is 1070 g/mol. The maximum absolute atomic E-state index is 6.76. The van der Waals surface area contributed by atoms with E-state index >= 15 is 0 Å². The third-order valence-electron chi connectivity index (χ3n) is 14.3. The van der Waals surface area contributed by atoms with Crippen molar-refractivity contribution < 1.29 is 30.4 Å². The zero-order valence-electron chi connectivity index (χ0n) is 42.9. The standard InChI is InChI=1S/C67H60N4O.Pt/c1-9-45(10-2)49-35-36-68-64(40-49)71-60-30-18-17-27-58(60)59-33-32-55(43-62(59)71)72-54-26-19-25-53(42-54)69-44-70(63-39-48(31-34-61(63)69)46-21-13-11-14-22-46)65-56(47-23-15-12-16-24-47)28-20-29-57(65)50-37-51(66(3,4)5)41-52(38-50)67(6,7)8;/h11-41,45H,9-10H2,1-8H3;/q-2;. The van der Waals surface area contributed by atoms with Crippen LogP contribution < -0.4 is 9.30 Å². The molecule has 0 spiro atoms. The number of hydrogen-bond acceptors (Lipinski definition) is 2. The summed E-state index contributed by atoms with van der Waals surface area (Å²) in [5.74, 6) is 2.50. The second kappa shape index (κ2) is 19.9. The second-order valence-electron chi connectivity index (χ2n) is 21.1. The van der Waals surface area contributed by atoms with E-state index in [0.717, 1.165) is 90.7 Å². The minimum atomic E-state index is -0.0617. The fourth-order valence-electron chi connectivity index (χ4n) is 10.3. The molecule has 3 heterocycles. The molecule has 0 aliphatic rings. The van der Waals surface area contributed by atoms with Gasteiger partial charge in [0.1, 0.15) is 5.82 Å². The number of pyridine rings is 1. The largest absolute Gasteiger partial charge is 0.510 e. The fourth-order valence-corrected chi connectivity index (χ4v) is 10.3. The van der Waals surface area contributed by atoms with Gasteiger partial charge in [-0.15, -0.1) is 29.7 Å². The number of rotatable bonds is 11. The van der Waals surface area contributed by atoms with E-state index in [1.54, 1.807) is 0 Å². The van der Waals surface area contributed by atoms with Gasteiger partial charge in [-0.25, -0.2) is 4.98 Å². The molecule has 366 valence electrons. The van der Waals surface area contributed by atoms with Crippen molar-refractivity contribution in [1.82, 2.24) is 14.1 Å². The van der Waals surface area contributed by atoms with E-state index in [-0.39, 0.29) is 31.9 Å². The summed E-state index contributed by atoms with van der Waals surface area (Å²) in [5.41, 5.74) is 16.4. The van der Waals surface area contributed by atoms with Gasteiger partial charge in [0, 0.05) is 44.3 Å². The van der Waals surface area contributed by atoms with Crippen molar-refractivity contribution in [2.75, 3.05) is 0 Å². The van der Waals surface area contributed by atoms with Crippen LogP contribution in [0.1, 0.15) is 90.8 Å². The van der Waals surface area contributed by atoms with Crippen molar-refractivity contribution in [3.05, 3.63) is 223 Å². The fraction of sp³-hybridized carbons (Fsp3) is 0.194. The smallest absolute Gasteiger partial charge is 0.268 e. The molecule has 8 aromatic carbocycles. The Hall–Kier alpha value is -7.33. The van der Waals surface area contributed by atoms with E-state index in [9.17, 15) is 0 Å². The van der Waals surface area contributed by atoms with Gasteiger partial charge in [-0.05, 0) is 115 Å². The van der Waals surface area contributed by atoms with Crippen molar-refractivity contribution in [3.8, 4) is 62.1 Å². The number of imidazole rings is 1. The molecule has 0 aliphatic carbocycles. The molecule has 0 unspecified atom stereocenters. The average Bonchev–Trinajstić information content (AvgIpc) is 3.94. The van der Waals surface area contributed by atoms with Gasteiger partial charge in [0.2, 0.25) is 0 Å². The maximum Gasteiger partial charge on any atom is 0.268 e. The third-order valence-corrected chi connectivity index (χ3v) is 14.3. The van der Waals surface area contributed by atoms with Gasteiger partial charge in [-0.2, -0.15) is 18.2 Å². The van der Waals surface area contributed by atoms with E-state index in [0.29, 0.717) is 17.4 Å². The Morgan fingerprint density at radius 1 is 0.548 bits per heavy atom. The van der Waals surface area contributed by atoms with Crippen LogP contribution in [0, 0.1) is 18.5 Å². The molecule has 6 heteroatoms. The molecule has 0 bridgehead atoms. The van der Waals surface area contributed by atoms with E-state index in [1.165, 1.54) is 22.3 Å². The van der Waals surface area contributed by atoms with Gasteiger partial charge in [0.05, 0.1) is 16.7 Å². The quantitative estimate of drug-likeness (QED) is 0.0956. The summed E-state index contributed by atoms with van der Waals surface area (Å²) in [5, 5.41) is 2.24. The molecule has 0 radical (unpaired) electrons. The SMILES string of the molecule is CCC(CC)c1ccnc(-n2c3[c-]c(Oc4[c-]c(-n5[c-][n+](-c6c(-c7ccccc7)cccc6-c6cc(C(C)(C)C)cc(C(C)(C)C)c6)c6cc(-c7ccccc7)ccc65)ccc4)ccc3c3ccccc32)c1.[Pt]. The van der Waals surface area contributed by atoms with E-state index in [4.69, 9.17) is 9.72 Å². The first-order valence-electron chi connectivity index (χ1n) is 25.4. The first-order valence-corrected chi connectivity index (χ1v) is 25.4. The molecule has 0 aliphatic heterocycles. The van der Waals surface area contributed by atoms with Crippen LogP contribution in [-0.4, -0.2) is 14.1 Å². The summed E-state index contributed by atoms with van der Waals surface area (Å²) in [6.45, 7) is 18.3. The Labute approximate surface area is 445 Å². The van der Waals surface area contributed by atoms with E-state index in [1.807, 2.05) is 24.4 Å². The molecule has 3 aromatic heterocycles. The Morgan fingerprint density at radius 3 is 1.89 bits per heavy atom. The van der Waals surface area contributed by atoms with Crippen LogP contribution in [0.25, 0.3) is 83.4 Å². The first kappa shape index (κ1) is 49.3. The van der Waals surface area contributed by atoms with Crippen LogP contribution in [0.15, 0.2) is 188 Å². The number of para-hydroxylation sites is 2.